The van der Waals surface area contributed by atoms with Gasteiger partial charge in [0, 0.05) is 11.8 Å². The van der Waals surface area contributed by atoms with Gasteiger partial charge in [-0.2, -0.15) is 0 Å². The Morgan fingerprint density at radius 1 is 1.38 bits per heavy atom. The van der Waals surface area contributed by atoms with Crippen LogP contribution < -0.4 is 5.32 Å². The minimum absolute atomic E-state index is 0.0148. The fourth-order valence-corrected chi connectivity index (χ4v) is 2.12. The number of aliphatic hydroxyl groups is 1. The van der Waals surface area contributed by atoms with Crippen molar-refractivity contribution in [2.45, 2.75) is 38.1 Å². The van der Waals surface area contributed by atoms with Crippen LogP contribution in [0.1, 0.15) is 32.1 Å². The number of thioether (sulfide) groups is 1. The molecule has 76 valence electrons. The van der Waals surface area contributed by atoms with Crippen LogP contribution in [-0.4, -0.2) is 28.7 Å². The molecule has 0 spiro atoms. The molecule has 1 rings (SSSR count). The number of rotatable bonds is 3. The molecule has 0 bridgehead atoms. The summed E-state index contributed by atoms with van der Waals surface area (Å²) in [5, 5.41) is 11.5. The summed E-state index contributed by atoms with van der Waals surface area (Å²) in [7, 11) is 0. The van der Waals surface area contributed by atoms with E-state index >= 15 is 0 Å². The third-order valence-electron chi connectivity index (χ3n) is 2.25. The highest BCUT2D eigenvalue weighted by molar-refractivity contribution is 8.13. The number of hydrogen-bond acceptors (Lipinski definition) is 3. The standard InChI is InChI=1S/C9H17NO2S/c11-6-7-13-9(12)10-8-4-2-1-3-5-8/h8,11H,1-7H2,(H,10,12). The fourth-order valence-electron chi connectivity index (χ4n) is 1.59. The molecule has 0 atom stereocenters. The first kappa shape index (κ1) is 10.9. The van der Waals surface area contributed by atoms with E-state index in [2.05, 4.69) is 5.32 Å². The van der Waals surface area contributed by atoms with Crippen molar-refractivity contribution in [1.82, 2.24) is 5.32 Å². The molecule has 0 radical (unpaired) electrons. The lowest BCUT2D eigenvalue weighted by molar-refractivity contribution is 0.253. The van der Waals surface area contributed by atoms with E-state index in [0.29, 0.717) is 11.8 Å². The molecule has 0 heterocycles. The quantitative estimate of drug-likeness (QED) is 0.734. The lowest BCUT2D eigenvalue weighted by atomic mass is 9.96. The second-order valence-corrected chi connectivity index (χ2v) is 4.41. The summed E-state index contributed by atoms with van der Waals surface area (Å²) in [4.78, 5) is 11.2. The summed E-state index contributed by atoms with van der Waals surface area (Å²) >= 11 is 1.17. The van der Waals surface area contributed by atoms with Crippen molar-refractivity contribution in [3.8, 4) is 0 Å². The van der Waals surface area contributed by atoms with Gasteiger partial charge in [-0.15, -0.1) is 0 Å². The first-order valence-electron chi connectivity index (χ1n) is 4.87. The minimum Gasteiger partial charge on any atom is -0.396 e. The molecule has 0 saturated heterocycles. The maximum absolute atomic E-state index is 11.2. The van der Waals surface area contributed by atoms with Crippen LogP contribution in [0.15, 0.2) is 0 Å². The average molecular weight is 203 g/mol. The lowest BCUT2D eigenvalue weighted by Gasteiger charge is -2.22. The maximum atomic E-state index is 11.2. The Morgan fingerprint density at radius 3 is 2.69 bits per heavy atom. The van der Waals surface area contributed by atoms with Crippen molar-refractivity contribution in [3.05, 3.63) is 0 Å². The van der Waals surface area contributed by atoms with Gasteiger partial charge in [0.15, 0.2) is 0 Å². The van der Waals surface area contributed by atoms with Crippen LogP contribution in [0.25, 0.3) is 0 Å². The molecular formula is C9H17NO2S. The SMILES string of the molecule is O=C(NC1CCCCC1)SCCO. The summed E-state index contributed by atoms with van der Waals surface area (Å²) < 4.78 is 0. The number of hydrogen-bond donors (Lipinski definition) is 2. The molecule has 13 heavy (non-hydrogen) atoms. The van der Waals surface area contributed by atoms with E-state index in [1.54, 1.807) is 0 Å². The Morgan fingerprint density at radius 2 is 2.08 bits per heavy atom. The number of carbonyl (C=O) groups excluding carboxylic acids is 1. The third-order valence-corrected chi connectivity index (χ3v) is 3.02. The van der Waals surface area contributed by atoms with Gasteiger partial charge < -0.3 is 10.4 Å². The third kappa shape index (κ3) is 4.52. The first-order valence-corrected chi connectivity index (χ1v) is 5.85. The molecule has 0 aromatic heterocycles. The predicted molar refractivity (Wildman–Crippen MR) is 54.9 cm³/mol. The Balaban J connectivity index is 2.11. The molecule has 0 aliphatic heterocycles. The molecule has 1 aliphatic rings. The molecule has 4 heteroatoms. The highest BCUT2D eigenvalue weighted by atomic mass is 32.2. The maximum Gasteiger partial charge on any atom is 0.279 e. The molecule has 1 saturated carbocycles. The van der Waals surface area contributed by atoms with Crippen LogP contribution in [0.3, 0.4) is 0 Å². The number of amides is 1. The van der Waals surface area contributed by atoms with Gasteiger partial charge in [-0.1, -0.05) is 31.0 Å². The van der Waals surface area contributed by atoms with E-state index in [1.165, 1.54) is 31.0 Å². The smallest absolute Gasteiger partial charge is 0.279 e. The van der Waals surface area contributed by atoms with Crippen LogP contribution in [0.2, 0.25) is 0 Å². The van der Waals surface area contributed by atoms with Gasteiger partial charge in [0.05, 0.1) is 6.61 Å². The average Bonchev–Trinajstić information content (AvgIpc) is 2.16. The van der Waals surface area contributed by atoms with Crippen LogP contribution >= 0.6 is 11.8 Å². The Bertz CT molecular complexity index is 158. The van der Waals surface area contributed by atoms with Crippen molar-refractivity contribution in [2.24, 2.45) is 0 Å². The Kier molecular flexibility index (Phi) is 5.23. The topological polar surface area (TPSA) is 49.3 Å². The summed E-state index contributed by atoms with van der Waals surface area (Å²) in [5.74, 6) is 0.499. The Hall–Kier alpha value is -0.220. The van der Waals surface area contributed by atoms with Crippen LogP contribution in [0.5, 0.6) is 0 Å². The molecule has 1 fully saturated rings. The van der Waals surface area contributed by atoms with Crippen LogP contribution in [0, 0.1) is 0 Å². The highest BCUT2D eigenvalue weighted by Gasteiger charge is 2.15. The molecule has 2 N–H and O–H groups in total. The van der Waals surface area contributed by atoms with E-state index < -0.39 is 0 Å². The zero-order chi connectivity index (χ0) is 9.52. The van der Waals surface area contributed by atoms with Gasteiger partial charge in [0.2, 0.25) is 0 Å². The minimum atomic E-state index is 0.0148. The lowest BCUT2D eigenvalue weighted by Crippen LogP contribution is -2.33. The van der Waals surface area contributed by atoms with Gasteiger partial charge in [0.1, 0.15) is 0 Å². The highest BCUT2D eigenvalue weighted by Crippen LogP contribution is 2.18. The van der Waals surface area contributed by atoms with Crippen molar-refractivity contribution >= 4 is 17.0 Å². The number of aliphatic hydroxyl groups excluding tert-OH is 1. The molecule has 3 nitrogen and oxygen atoms in total. The van der Waals surface area contributed by atoms with Crippen LogP contribution in [-0.2, 0) is 0 Å². The van der Waals surface area contributed by atoms with E-state index in [1.807, 2.05) is 0 Å². The largest absolute Gasteiger partial charge is 0.396 e. The number of nitrogens with one attached hydrogen (secondary N) is 1. The summed E-state index contributed by atoms with van der Waals surface area (Å²) in [6.07, 6.45) is 6.00. The van der Waals surface area contributed by atoms with Crippen molar-refractivity contribution < 1.29 is 9.90 Å². The summed E-state index contributed by atoms with van der Waals surface area (Å²) in [5.41, 5.74) is 0. The zero-order valence-electron chi connectivity index (χ0n) is 7.79. The fraction of sp³-hybridized carbons (Fsp3) is 0.889. The van der Waals surface area contributed by atoms with E-state index in [-0.39, 0.29) is 11.8 Å². The van der Waals surface area contributed by atoms with Gasteiger partial charge in [-0.05, 0) is 12.8 Å². The molecular weight excluding hydrogens is 186 g/mol. The van der Waals surface area contributed by atoms with Crippen molar-refractivity contribution in [2.75, 3.05) is 12.4 Å². The van der Waals surface area contributed by atoms with Gasteiger partial charge in [-0.25, -0.2) is 0 Å². The van der Waals surface area contributed by atoms with Gasteiger partial charge in [0.25, 0.3) is 5.24 Å². The number of carbonyl (C=O) groups is 1. The second kappa shape index (κ2) is 6.27. The zero-order valence-corrected chi connectivity index (χ0v) is 8.61. The predicted octanol–water partition coefficient (Wildman–Crippen LogP) is 1.75. The molecule has 1 amide bonds. The monoisotopic (exact) mass is 203 g/mol. The normalized spacial score (nSPS) is 18.5. The van der Waals surface area contributed by atoms with Crippen molar-refractivity contribution in [1.29, 1.82) is 0 Å². The van der Waals surface area contributed by atoms with Crippen LogP contribution in [0.4, 0.5) is 4.79 Å². The van der Waals surface area contributed by atoms with E-state index in [4.69, 9.17) is 5.11 Å². The summed E-state index contributed by atoms with van der Waals surface area (Å²) in [6, 6.07) is 0.382. The second-order valence-electron chi connectivity index (χ2n) is 3.34. The van der Waals surface area contributed by atoms with E-state index in [0.717, 1.165) is 12.8 Å². The Labute approximate surface area is 83.3 Å². The van der Waals surface area contributed by atoms with Gasteiger partial charge >= 0.3 is 0 Å². The van der Waals surface area contributed by atoms with Gasteiger partial charge in [-0.3, -0.25) is 4.79 Å². The molecule has 0 aromatic rings. The molecule has 0 aromatic carbocycles. The summed E-state index contributed by atoms with van der Waals surface area (Å²) in [6.45, 7) is 0.0722. The molecule has 1 aliphatic carbocycles. The van der Waals surface area contributed by atoms with E-state index in [9.17, 15) is 4.79 Å². The molecule has 0 unspecified atom stereocenters. The van der Waals surface area contributed by atoms with Crippen molar-refractivity contribution in [3.63, 3.8) is 0 Å². The first-order chi connectivity index (χ1) is 6.33.